The van der Waals surface area contributed by atoms with E-state index in [1.54, 1.807) is 30.6 Å². The minimum absolute atomic E-state index is 0.345. The maximum absolute atomic E-state index is 13.3. The zero-order chi connectivity index (χ0) is 15.5. The normalized spacial score (nSPS) is 12.5. The van der Waals surface area contributed by atoms with E-state index < -0.39 is 6.29 Å². The number of aliphatic hydroxyl groups excluding tert-OH is 1. The SMILES string of the molecule is COC(O)c1ccnc(Cc2cnc3ccc(F)cc3n2)c1. The molecule has 112 valence electrons. The lowest BCUT2D eigenvalue weighted by molar-refractivity contribution is -0.0770. The molecular formula is C16H14FN3O2. The van der Waals surface area contributed by atoms with Crippen LogP contribution in [0.1, 0.15) is 23.2 Å². The number of nitrogens with zero attached hydrogens (tertiary/aromatic N) is 3. The molecule has 1 atom stereocenters. The molecular weight excluding hydrogens is 285 g/mol. The number of rotatable bonds is 4. The fraction of sp³-hybridized carbons (Fsp3) is 0.188. The molecule has 5 nitrogen and oxygen atoms in total. The molecule has 0 radical (unpaired) electrons. The van der Waals surface area contributed by atoms with Crippen molar-refractivity contribution in [3.05, 3.63) is 65.5 Å². The Morgan fingerprint density at radius 3 is 2.82 bits per heavy atom. The molecule has 22 heavy (non-hydrogen) atoms. The third-order valence-corrected chi connectivity index (χ3v) is 3.27. The molecule has 0 fully saturated rings. The summed E-state index contributed by atoms with van der Waals surface area (Å²) in [5, 5.41) is 9.67. The highest BCUT2D eigenvalue weighted by Crippen LogP contribution is 2.16. The van der Waals surface area contributed by atoms with Gasteiger partial charge in [0, 0.05) is 43.2 Å². The van der Waals surface area contributed by atoms with Crippen LogP contribution in [0.2, 0.25) is 0 Å². The Morgan fingerprint density at radius 1 is 1.14 bits per heavy atom. The standard InChI is InChI=1S/C16H14FN3O2/c1-22-16(21)10-4-5-18-12(6-10)8-13-9-19-14-3-2-11(17)7-15(14)20-13/h2-7,9,16,21H,8H2,1H3. The van der Waals surface area contributed by atoms with E-state index in [0.29, 0.717) is 28.7 Å². The average Bonchev–Trinajstić information content (AvgIpc) is 2.54. The van der Waals surface area contributed by atoms with Crippen molar-refractivity contribution in [1.82, 2.24) is 15.0 Å². The van der Waals surface area contributed by atoms with Crippen molar-refractivity contribution in [2.45, 2.75) is 12.7 Å². The van der Waals surface area contributed by atoms with E-state index in [0.717, 1.165) is 5.69 Å². The van der Waals surface area contributed by atoms with Gasteiger partial charge in [-0.25, -0.2) is 9.37 Å². The van der Waals surface area contributed by atoms with Crippen molar-refractivity contribution in [3.63, 3.8) is 0 Å². The van der Waals surface area contributed by atoms with Crippen LogP contribution >= 0.6 is 0 Å². The summed E-state index contributed by atoms with van der Waals surface area (Å²) in [6, 6.07) is 7.72. The molecule has 0 spiro atoms. The summed E-state index contributed by atoms with van der Waals surface area (Å²) in [7, 11) is 1.42. The number of halogens is 1. The first-order valence-electron chi connectivity index (χ1n) is 6.72. The highest BCUT2D eigenvalue weighted by molar-refractivity contribution is 5.73. The van der Waals surface area contributed by atoms with Gasteiger partial charge in [-0.3, -0.25) is 9.97 Å². The lowest BCUT2D eigenvalue weighted by Crippen LogP contribution is -2.03. The van der Waals surface area contributed by atoms with Crippen LogP contribution in [0.5, 0.6) is 0 Å². The van der Waals surface area contributed by atoms with Crippen molar-refractivity contribution in [2.24, 2.45) is 0 Å². The molecule has 0 amide bonds. The van der Waals surface area contributed by atoms with E-state index in [1.807, 2.05) is 0 Å². The predicted octanol–water partition coefficient (Wildman–Crippen LogP) is 2.39. The predicted molar refractivity (Wildman–Crippen MR) is 78.5 cm³/mol. The Labute approximate surface area is 126 Å². The molecule has 0 aliphatic rings. The minimum atomic E-state index is -0.987. The summed E-state index contributed by atoms with van der Waals surface area (Å²) >= 11 is 0. The first-order chi connectivity index (χ1) is 10.7. The van der Waals surface area contributed by atoms with E-state index in [9.17, 15) is 9.50 Å². The van der Waals surface area contributed by atoms with E-state index in [4.69, 9.17) is 4.74 Å². The quantitative estimate of drug-likeness (QED) is 0.749. The third kappa shape index (κ3) is 3.08. The lowest BCUT2D eigenvalue weighted by atomic mass is 10.1. The van der Waals surface area contributed by atoms with Crippen LogP contribution in [0.15, 0.2) is 42.7 Å². The molecule has 3 rings (SSSR count). The number of aromatic nitrogens is 3. The number of aliphatic hydroxyl groups is 1. The maximum atomic E-state index is 13.3. The zero-order valence-corrected chi connectivity index (χ0v) is 11.9. The van der Waals surface area contributed by atoms with E-state index >= 15 is 0 Å². The number of fused-ring (bicyclic) bond motifs is 1. The summed E-state index contributed by atoms with van der Waals surface area (Å²) in [5.74, 6) is -0.345. The first-order valence-corrected chi connectivity index (χ1v) is 6.72. The average molecular weight is 299 g/mol. The van der Waals surface area contributed by atoms with E-state index in [-0.39, 0.29) is 5.82 Å². The Balaban J connectivity index is 1.89. The Morgan fingerprint density at radius 2 is 2.00 bits per heavy atom. The van der Waals surface area contributed by atoms with Gasteiger partial charge in [0.2, 0.25) is 0 Å². The molecule has 1 N–H and O–H groups in total. The van der Waals surface area contributed by atoms with Gasteiger partial charge in [-0.1, -0.05) is 0 Å². The Hall–Kier alpha value is -2.44. The monoisotopic (exact) mass is 299 g/mol. The van der Waals surface area contributed by atoms with Gasteiger partial charge in [0.25, 0.3) is 0 Å². The second-order valence-corrected chi connectivity index (χ2v) is 4.84. The van der Waals surface area contributed by atoms with Crippen LogP contribution in [-0.4, -0.2) is 27.2 Å². The van der Waals surface area contributed by atoms with Crippen molar-refractivity contribution in [3.8, 4) is 0 Å². The highest BCUT2D eigenvalue weighted by Gasteiger charge is 2.08. The molecule has 1 unspecified atom stereocenters. The first kappa shape index (κ1) is 14.5. The minimum Gasteiger partial charge on any atom is -0.364 e. The van der Waals surface area contributed by atoms with Crippen molar-refractivity contribution in [1.29, 1.82) is 0 Å². The zero-order valence-electron chi connectivity index (χ0n) is 11.9. The largest absolute Gasteiger partial charge is 0.364 e. The Kier molecular flexibility index (Phi) is 4.04. The molecule has 0 aliphatic heterocycles. The van der Waals surface area contributed by atoms with Crippen LogP contribution in [0.25, 0.3) is 11.0 Å². The number of methoxy groups -OCH3 is 1. The summed E-state index contributed by atoms with van der Waals surface area (Å²) in [6.45, 7) is 0. The summed E-state index contributed by atoms with van der Waals surface area (Å²) < 4.78 is 18.1. The maximum Gasteiger partial charge on any atom is 0.180 e. The molecule has 0 bridgehead atoms. The number of ether oxygens (including phenoxy) is 1. The smallest absolute Gasteiger partial charge is 0.180 e. The topological polar surface area (TPSA) is 68.1 Å². The lowest BCUT2D eigenvalue weighted by Gasteiger charge is -2.09. The summed E-state index contributed by atoms with van der Waals surface area (Å²) in [5.41, 5.74) is 3.16. The van der Waals surface area contributed by atoms with Crippen LogP contribution < -0.4 is 0 Å². The van der Waals surface area contributed by atoms with Gasteiger partial charge in [0.1, 0.15) is 5.82 Å². The van der Waals surface area contributed by atoms with Gasteiger partial charge in [0.15, 0.2) is 6.29 Å². The second kappa shape index (κ2) is 6.13. The molecule has 2 aromatic heterocycles. The van der Waals surface area contributed by atoms with Gasteiger partial charge in [-0.05, 0) is 24.3 Å². The van der Waals surface area contributed by atoms with E-state index in [2.05, 4.69) is 15.0 Å². The fourth-order valence-electron chi connectivity index (χ4n) is 2.18. The number of pyridine rings is 1. The molecule has 0 saturated heterocycles. The molecule has 0 aliphatic carbocycles. The molecule has 0 saturated carbocycles. The van der Waals surface area contributed by atoms with Gasteiger partial charge in [-0.2, -0.15) is 0 Å². The van der Waals surface area contributed by atoms with Crippen LogP contribution in [-0.2, 0) is 11.2 Å². The van der Waals surface area contributed by atoms with Gasteiger partial charge >= 0.3 is 0 Å². The van der Waals surface area contributed by atoms with Gasteiger partial charge in [-0.15, -0.1) is 0 Å². The molecule has 2 heterocycles. The number of hydrogen-bond donors (Lipinski definition) is 1. The van der Waals surface area contributed by atoms with Crippen LogP contribution in [0.3, 0.4) is 0 Å². The molecule has 1 aromatic carbocycles. The van der Waals surface area contributed by atoms with Crippen LogP contribution in [0.4, 0.5) is 4.39 Å². The summed E-state index contributed by atoms with van der Waals surface area (Å²) in [4.78, 5) is 12.9. The summed E-state index contributed by atoms with van der Waals surface area (Å²) in [6.07, 6.45) is 2.69. The molecule has 3 aromatic rings. The van der Waals surface area contributed by atoms with Crippen molar-refractivity contribution < 1.29 is 14.2 Å². The van der Waals surface area contributed by atoms with Gasteiger partial charge < -0.3 is 9.84 Å². The fourth-order valence-corrected chi connectivity index (χ4v) is 2.18. The van der Waals surface area contributed by atoms with Crippen molar-refractivity contribution >= 4 is 11.0 Å². The van der Waals surface area contributed by atoms with Crippen molar-refractivity contribution in [2.75, 3.05) is 7.11 Å². The second-order valence-electron chi connectivity index (χ2n) is 4.84. The van der Waals surface area contributed by atoms with Crippen LogP contribution in [0, 0.1) is 5.82 Å². The van der Waals surface area contributed by atoms with Gasteiger partial charge in [0.05, 0.1) is 16.7 Å². The van der Waals surface area contributed by atoms with E-state index in [1.165, 1.54) is 19.2 Å². The Bertz CT molecular complexity index is 810. The molecule has 6 heteroatoms. The number of benzene rings is 1. The number of hydrogen-bond acceptors (Lipinski definition) is 5. The highest BCUT2D eigenvalue weighted by atomic mass is 19.1. The third-order valence-electron chi connectivity index (χ3n) is 3.27.